The van der Waals surface area contributed by atoms with E-state index in [-0.39, 0.29) is 11.3 Å². The van der Waals surface area contributed by atoms with Crippen molar-refractivity contribution < 1.29 is 5.11 Å². The van der Waals surface area contributed by atoms with E-state index >= 15 is 0 Å². The molecule has 2 aromatic heterocycles. The van der Waals surface area contributed by atoms with Gasteiger partial charge in [-0.1, -0.05) is 5.21 Å². The molecule has 0 saturated carbocycles. The normalized spacial score (nSPS) is 10.8. The van der Waals surface area contributed by atoms with E-state index < -0.39 is 0 Å². The fraction of sp³-hybridized carbons (Fsp3) is 0.462. The molecule has 0 aromatic carbocycles. The molecule has 0 fully saturated rings. The molecule has 0 aliphatic carbocycles. The molecule has 0 bridgehead atoms. The highest BCUT2D eigenvalue weighted by Gasteiger charge is 2.00. The summed E-state index contributed by atoms with van der Waals surface area (Å²) >= 11 is 0. The molecule has 19 heavy (non-hydrogen) atoms. The van der Waals surface area contributed by atoms with Crippen molar-refractivity contribution in [2.24, 2.45) is 0 Å². The van der Waals surface area contributed by atoms with E-state index in [1.54, 1.807) is 12.3 Å². The molecular formula is C13H18N4O2. The van der Waals surface area contributed by atoms with Crippen molar-refractivity contribution in [1.82, 2.24) is 19.6 Å². The summed E-state index contributed by atoms with van der Waals surface area (Å²) in [4.78, 5) is 11.5. The van der Waals surface area contributed by atoms with Crippen LogP contribution in [0.15, 0.2) is 29.3 Å². The molecule has 0 atom stereocenters. The van der Waals surface area contributed by atoms with E-state index in [9.17, 15) is 9.90 Å². The van der Waals surface area contributed by atoms with Gasteiger partial charge in [-0.2, -0.15) is 0 Å². The summed E-state index contributed by atoms with van der Waals surface area (Å²) in [6.45, 7) is 3.39. The van der Waals surface area contributed by atoms with Gasteiger partial charge in [-0.05, 0) is 38.3 Å². The Morgan fingerprint density at radius 1 is 1.26 bits per heavy atom. The molecule has 2 rings (SSSR count). The second-order valence-corrected chi connectivity index (χ2v) is 4.58. The number of aryl methyl sites for hydroxylation is 3. The van der Waals surface area contributed by atoms with E-state index in [1.165, 1.54) is 10.6 Å². The molecule has 2 aromatic rings. The average Bonchev–Trinajstić information content (AvgIpc) is 2.80. The van der Waals surface area contributed by atoms with Crippen LogP contribution in [0.3, 0.4) is 0 Å². The molecule has 0 amide bonds. The average molecular weight is 262 g/mol. The SMILES string of the molecule is Cc1cn(CCCCCn2cccc(O)c2=O)nn1. The fourth-order valence-corrected chi connectivity index (χ4v) is 1.94. The summed E-state index contributed by atoms with van der Waals surface area (Å²) in [6, 6.07) is 3.08. The zero-order chi connectivity index (χ0) is 13.7. The van der Waals surface area contributed by atoms with Crippen LogP contribution in [0.25, 0.3) is 0 Å². The van der Waals surface area contributed by atoms with Gasteiger partial charge < -0.3 is 9.67 Å². The third kappa shape index (κ3) is 3.67. The second kappa shape index (κ2) is 6.17. The maximum Gasteiger partial charge on any atom is 0.292 e. The molecule has 0 saturated heterocycles. The van der Waals surface area contributed by atoms with Gasteiger partial charge in [0.25, 0.3) is 5.56 Å². The third-order valence-corrected chi connectivity index (χ3v) is 2.94. The zero-order valence-corrected chi connectivity index (χ0v) is 11.0. The molecule has 0 aliphatic rings. The lowest BCUT2D eigenvalue weighted by molar-refractivity contribution is 0.451. The number of aromatic hydroxyl groups is 1. The van der Waals surface area contributed by atoms with Crippen molar-refractivity contribution in [3.63, 3.8) is 0 Å². The van der Waals surface area contributed by atoms with Gasteiger partial charge in [-0.3, -0.25) is 9.48 Å². The van der Waals surface area contributed by atoms with Crippen molar-refractivity contribution in [1.29, 1.82) is 0 Å². The Labute approximate surface area is 111 Å². The van der Waals surface area contributed by atoms with E-state index in [0.717, 1.165) is 31.5 Å². The van der Waals surface area contributed by atoms with E-state index in [4.69, 9.17) is 0 Å². The fourth-order valence-electron chi connectivity index (χ4n) is 1.94. The lowest BCUT2D eigenvalue weighted by Crippen LogP contribution is -2.18. The maximum absolute atomic E-state index is 11.5. The Kier molecular flexibility index (Phi) is 4.33. The molecule has 0 spiro atoms. The van der Waals surface area contributed by atoms with Crippen LogP contribution in [-0.2, 0) is 13.1 Å². The topological polar surface area (TPSA) is 72.9 Å². The van der Waals surface area contributed by atoms with Crippen molar-refractivity contribution in [2.75, 3.05) is 0 Å². The van der Waals surface area contributed by atoms with Crippen LogP contribution in [0.4, 0.5) is 0 Å². The Balaban J connectivity index is 1.72. The predicted molar refractivity (Wildman–Crippen MR) is 71.0 cm³/mol. The van der Waals surface area contributed by atoms with E-state index in [2.05, 4.69) is 10.3 Å². The van der Waals surface area contributed by atoms with Crippen molar-refractivity contribution in [2.45, 2.75) is 39.3 Å². The number of nitrogens with zero attached hydrogens (tertiary/aromatic N) is 4. The van der Waals surface area contributed by atoms with Gasteiger partial charge in [0.2, 0.25) is 0 Å². The quantitative estimate of drug-likeness (QED) is 0.797. The standard InChI is InChI=1S/C13H18N4O2/c1-11-10-17(15-14-11)9-4-2-3-7-16-8-5-6-12(18)13(16)19/h5-6,8,10,18H,2-4,7,9H2,1H3. The van der Waals surface area contributed by atoms with Crippen LogP contribution in [0, 0.1) is 6.92 Å². The minimum atomic E-state index is -0.325. The molecular weight excluding hydrogens is 244 g/mol. The molecule has 102 valence electrons. The van der Waals surface area contributed by atoms with Crippen LogP contribution in [0.1, 0.15) is 25.0 Å². The van der Waals surface area contributed by atoms with Crippen LogP contribution in [-0.4, -0.2) is 24.7 Å². The Hall–Kier alpha value is -2.11. The number of hydrogen-bond donors (Lipinski definition) is 1. The molecule has 0 aliphatic heterocycles. The first-order valence-corrected chi connectivity index (χ1v) is 6.42. The van der Waals surface area contributed by atoms with Gasteiger partial charge in [0.05, 0.1) is 5.69 Å². The lowest BCUT2D eigenvalue weighted by atomic mass is 10.2. The summed E-state index contributed by atoms with van der Waals surface area (Å²) in [5.74, 6) is -0.194. The van der Waals surface area contributed by atoms with Crippen molar-refractivity contribution >= 4 is 0 Å². The summed E-state index contributed by atoms with van der Waals surface area (Å²) in [6.07, 6.45) is 6.51. The summed E-state index contributed by atoms with van der Waals surface area (Å²) in [5, 5.41) is 17.2. The minimum Gasteiger partial charge on any atom is -0.503 e. The molecule has 6 nitrogen and oxygen atoms in total. The Morgan fingerprint density at radius 2 is 2.05 bits per heavy atom. The molecule has 1 N–H and O–H groups in total. The largest absolute Gasteiger partial charge is 0.503 e. The number of rotatable bonds is 6. The van der Waals surface area contributed by atoms with Gasteiger partial charge >= 0.3 is 0 Å². The minimum absolute atomic E-state index is 0.194. The Morgan fingerprint density at radius 3 is 2.79 bits per heavy atom. The van der Waals surface area contributed by atoms with Crippen LogP contribution in [0.2, 0.25) is 0 Å². The maximum atomic E-state index is 11.5. The van der Waals surface area contributed by atoms with E-state index in [0.29, 0.717) is 6.54 Å². The first-order valence-electron chi connectivity index (χ1n) is 6.42. The first kappa shape index (κ1) is 13.3. The van der Waals surface area contributed by atoms with Gasteiger partial charge in [0, 0.05) is 25.5 Å². The molecule has 2 heterocycles. The number of unbranched alkanes of at least 4 members (excludes halogenated alkanes) is 2. The van der Waals surface area contributed by atoms with Crippen LogP contribution in [0.5, 0.6) is 5.75 Å². The summed E-state index contributed by atoms with van der Waals surface area (Å²) in [7, 11) is 0. The second-order valence-electron chi connectivity index (χ2n) is 4.58. The molecule has 6 heteroatoms. The highest BCUT2D eigenvalue weighted by Crippen LogP contribution is 2.03. The van der Waals surface area contributed by atoms with Gasteiger partial charge in [-0.25, -0.2) is 0 Å². The monoisotopic (exact) mass is 262 g/mol. The van der Waals surface area contributed by atoms with Crippen molar-refractivity contribution in [3.8, 4) is 5.75 Å². The Bertz CT molecular complexity index is 588. The van der Waals surface area contributed by atoms with Crippen molar-refractivity contribution in [3.05, 3.63) is 40.6 Å². The predicted octanol–water partition coefficient (Wildman–Crippen LogP) is 1.32. The van der Waals surface area contributed by atoms with E-state index in [1.807, 2.05) is 17.8 Å². The zero-order valence-electron chi connectivity index (χ0n) is 11.0. The molecule has 0 unspecified atom stereocenters. The number of hydrogen-bond acceptors (Lipinski definition) is 4. The van der Waals surface area contributed by atoms with Crippen LogP contribution < -0.4 is 5.56 Å². The first-order chi connectivity index (χ1) is 9.16. The van der Waals surface area contributed by atoms with Crippen LogP contribution >= 0.6 is 0 Å². The van der Waals surface area contributed by atoms with Gasteiger partial charge in [0.1, 0.15) is 0 Å². The number of pyridine rings is 1. The highest BCUT2D eigenvalue weighted by atomic mass is 16.3. The molecule has 0 radical (unpaired) electrons. The highest BCUT2D eigenvalue weighted by molar-refractivity contribution is 5.14. The third-order valence-electron chi connectivity index (χ3n) is 2.94. The lowest BCUT2D eigenvalue weighted by Gasteiger charge is -2.05. The van der Waals surface area contributed by atoms with Gasteiger partial charge in [-0.15, -0.1) is 5.10 Å². The summed E-state index contributed by atoms with van der Waals surface area (Å²) in [5.41, 5.74) is 0.598. The number of aromatic nitrogens is 4. The smallest absolute Gasteiger partial charge is 0.292 e. The van der Waals surface area contributed by atoms with Gasteiger partial charge in [0.15, 0.2) is 5.75 Å². The summed E-state index contributed by atoms with van der Waals surface area (Å²) < 4.78 is 3.37.